The molecule has 2 fully saturated rings. The Balaban J connectivity index is 1.97. The van der Waals surface area contributed by atoms with Crippen LogP contribution in [-0.2, 0) is 0 Å². The van der Waals surface area contributed by atoms with Gasteiger partial charge < -0.3 is 0 Å². The molecule has 0 aromatic rings. The first-order valence-electron chi connectivity index (χ1n) is 11.9. The molecule has 0 aromatic carbocycles. The van der Waals surface area contributed by atoms with Crippen LogP contribution in [0, 0.1) is 0 Å². The maximum absolute atomic E-state index is 2.55. The fraction of sp³-hybridized carbons (Fsp3) is 1.00. The fourth-order valence-corrected chi connectivity index (χ4v) is 7.80. The standard InChI is InChI=1S/C24H46S/c1-3-5-7-11-17-23(19-13-9-14-20-23)25-24(18-12-8-6-4-2)21-15-10-16-22-24/h3-22H2,1-2H3. The largest absolute Gasteiger partial charge is 0.148 e. The minimum absolute atomic E-state index is 0.661. The Hall–Kier alpha value is 0.350. The molecule has 0 radical (unpaired) electrons. The molecule has 0 bridgehead atoms. The lowest BCUT2D eigenvalue weighted by Gasteiger charge is -2.47. The van der Waals surface area contributed by atoms with E-state index in [-0.39, 0.29) is 0 Å². The van der Waals surface area contributed by atoms with Crippen LogP contribution in [0.1, 0.15) is 142 Å². The van der Waals surface area contributed by atoms with Gasteiger partial charge in [0.05, 0.1) is 0 Å². The minimum atomic E-state index is 0.661. The average Bonchev–Trinajstić information content (AvgIpc) is 2.64. The number of rotatable bonds is 12. The summed E-state index contributed by atoms with van der Waals surface area (Å²) in [5.41, 5.74) is 0. The Kier molecular flexibility index (Phi) is 10.3. The molecule has 1 heteroatoms. The average molecular weight is 367 g/mol. The highest BCUT2D eigenvalue weighted by Gasteiger charge is 2.42. The molecule has 2 aliphatic carbocycles. The first-order chi connectivity index (χ1) is 12.2. The van der Waals surface area contributed by atoms with Crippen molar-refractivity contribution in [1.29, 1.82) is 0 Å². The van der Waals surface area contributed by atoms with Gasteiger partial charge in [-0.1, -0.05) is 104 Å². The van der Waals surface area contributed by atoms with E-state index in [4.69, 9.17) is 0 Å². The molecule has 0 amide bonds. The summed E-state index contributed by atoms with van der Waals surface area (Å²) in [5, 5.41) is 0. The summed E-state index contributed by atoms with van der Waals surface area (Å²) in [6.07, 6.45) is 29.8. The molecule has 0 aliphatic heterocycles. The van der Waals surface area contributed by atoms with Gasteiger partial charge in [0.2, 0.25) is 0 Å². The van der Waals surface area contributed by atoms with Crippen LogP contribution in [0.5, 0.6) is 0 Å². The molecule has 0 unspecified atom stereocenters. The van der Waals surface area contributed by atoms with E-state index in [1.165, 1.54) is 128 Å². The van der Waals surface area contributed by atoms with E-state index in [0.29, 0.717) is 9.49 Å². The van der Waals surface area contributed by atoms with Gasteiger partial charge in [-0.15, -0.1) is 11.8 Å². The Morgan fingerprint density at radius 2 is 0.920 bits per heavy atom. The van der Waals surface area contributed by atoms with Crippen LogP contribution in [0.3, 0.4) is 0 Å². The van der Waals surface area contributed by atoms with E-state index in [9.17, 15) is 0 Å². The van der Waals surface area contributed by atoms with E-state index in [2.05, 4.69) is 25.6 Å². The van der Waals surface area contributed by atoms with Crippen molar-refractivity contribution in [2.75, 3.05) is 0 Å². The molecule has 0 N–H and O–H groups in total. The number of hydrogen-bond donors (Lipinski definition) is 0. The number of unbranched alkanes of at least 4 members (excludes halogenated alkanes) is 6. The van der Waals surface area contributed by atoms with Gasteiger partial charge in [0.1, 0.15) is 0 Å². The normalized spacial score (nSPS) is 22.8. The molecule has 0 heterocycles. The summed E-state index contributed by atoms with van der Waals surface area (Å²) in [5.74, 6) is 0. The van der Waals surface area contributed by atoms with Crippen molar-refractivity contribution in [3.63, 3.8) is 0 Å². The Morgan fingerprint density at radius 3 is 1.28 bits per heavy atom. The summed E-state index contributed by atoms with van der Waals surface area (Å²) in [6, 6.07) is 0. The Bertz CT molecular complexity index is 291. The maximum atomic E-state index is 2.55. The zero-order valence-corrected chi connectivity index (χ0v) is 18.4. The minimum Gasteiger partial charge on any atom is -0.148 e. The Labute approximate surface area is 163 Å². The lowest BCUT2D eigenvalue weighted by Crippen LogP contribution is -2.38. The van der Waals surface area contributed by atoms with Crippen LogP contribution < -0.4 is 0 Å². The van der Waals surface area contributed by atoms with E-state index in [1.807, 2.05) is 0 Å². The first-order valence-corrected chi connectivity index (χ1v) is 12.8. The molecule has 2 rings (SSSR count). The molecule has 25 heavy (non-hydrogen) atoms. The molecule has 0 atom stereocenters. The summed E-state index contributed by atoms with van der Waals surface area (Å²) >= 11 is 2.55. The topological polar surface area (TPSA) is 0 Å². The van der Waals surface area contributed by atoms with Crippen molar-refractivity contribution < 1.29 is 0 Å². The smallest absolute Gasteiger partial charge is 0.0165 e. The van der Waals surface area contributed by atoms with E-state index < -0.39 is 0 Å². The highest BCUT2D eigenvalue weighted by Crippen LogP contribution is 2.55. The second kappa shape index (κ2) is 11.9. The predicted octanol–water partition coefficient (Wildman–Crippen LogP) is 9.07. The van der Waals surface area contributed by atoms with Crippen LogP contribution in [-0.4, -0.2) is 9.49 Å². The van der Waals surface area contributed by atoms with Crippen molar-refractivity contribution in [3.05, 3.63) is 0 Å². The van der Waals surface area contributed by atoms with Crippen molar-refractivity contribution in [3.8, 4) is 0 Å². The van der Waals surface area contributed by atoms with Crippen molar-refractivity contribution in [1.82, 2.24) is 0 Å². The predicted molar refractivity (Wildman–Crippen MR) is 117 cm³/mol. The van der Waals surface area contributed by atoms with E-state index in [0.717, 1.165) is 0 Å². The molecule has 0 spiro atoms. The quantitative estimate of drug-likeness (QED) is 0.310. The van der Waals surface area contributed by atoms with Gasteiger partial charge in [-0.25, -0.2) is 0 Å². The van der Waals surface area contributed by atoms with Gasteiger partial charge in [-0.05, 0) is 38.5 Å². The van der Waals surface area contributed by atoms with Gasteiger partial charge in [-0.2, -0.15) is 0 Å². The lowest BCUT2D eigenvalue weighted by atomic mass is 9.83. The van der Waals surface area contributed by atoms with Crippen LogP contribution in [0.2, 0.25) is 0 Å². The lowest BCUT2D eigenvalue weighted by molar-refractivity contribution is 0.334. The van der Waals surface area contributed by atoms with Gasteiger partial charge in [-0.3, -0.25) is 0 Å². The number of thioether (sulfide) groups is 1. The zero-order valence-electron chi connectivity index (χ0n) is 17.6. The highest BCUT2D eigenvalue weighted by atomic mass is 32.2. The Morgan fingerprint density at radius 1 is 0.520 bits per heavy atom. The summed E-state index contributed by atoms with van der Waals surface area (Å²) in [7, 11) is 0. The molecular weight excluding hydrogens is 320 g/mol. The van der Waals surface area contributed by atoms with Gasteiger partial charge >= 0.3 is 0 Å². The SMILES string of the molecule is CCCCCCC1(SC2(CCCCCC)CCCCC2)CCCCC1. The third-order valence-electron chi connectivity index (χ3n) is 6.93. The zero-order chi connectivity index (χ0) is 17.8. The monoisotopic (exact) mass is 366 g/mol. The molecule has 148 valence electrons. The molecule has 0 saturated heterocycles. The summed E-state index contributed by atoms with van der Waals surface area (Å²) in [4.78, 5) is 0. The van der Waals surface area contributed by atoms with Crippen molar-refractivity contribution in [2.45, 2.75) is 152 Å². The second-order valence-electron chi connectivity index (χ2n) is 9.21. The van der Waals surface area contributed by atoms with Crippen molar-refractivity contribution >= 4 is 11.8 Å². The summed E-state index contributed by atoms with van der Waals surface area (Å²) < 4.78 is 1.32. The third kappa shape index (κ3) is 7.47. The summed E-state index contributed by atoms with van der Waals surface area (Å²) in [6.45, 7) is 4.69. The fourth-order valence-electron chi connectivity index (χ4n) is 5.41. The van der Waals surface area contributed by atoms with E-state index in [1.54, 1.807) is 0 Å². The van der Waals surface area contributed by atoms with Crippen LogP contribution in [0.25, 0.3) is 0 Å². The van der Waals surface area contributed by atoms with Crippen LogP contribution >= 0.6 is 11.8 Å². The van der Waals surface area contributed by atoms with Gasteiger partial charge in [0.25, 0.3) is 0 Å². The molecule has 2 saturated carbocycles. The van der Waals surface area contributed by atoms with E-state index >= 15 is 0 Å². The van der Waals surface area contributed by atoms with Crippen molar-refractivity contribution in [2.24, 2.45) is 0 Å². The first kappa shape index (κ1) is 21.6. The molecule has 0 aromatic heterocycles. The second-order valence-corrected chi connectivity index (χ2v) is 11.1. The number of hydrogen-bond acceptors (Lipinski definition) is 1. The molecule has 0 nitrogen and oxygen atoms in total. The third-order valence-corrected chi connectivity index (χ3v) is 9.03. The van der Waals surface area contributed by atoms with Gasteiger partial charge in [0.15, 0.2) is 0 Å². The highest BCUT2D eigenvalue weighted by molar-refractivity contribution is 8.02. The molecular formula is C24H46S. The molecule has 2 aliphatic rings. The van der Waals surface area contributed by atoms with Gasteiger partial charge in [0, 0.05) is 9.49 Å². The maximum Gasteiger partial charge on any atom is 0.0165 e. The van der Waals surface area contributed by atoms with Crippen LogP contribution in [0.4, 0.5) is 0 Å². The van der Waals surface area contributed by atoms with Crippen LogP contribution in [0.15, 0.2) is 0 Å².